The van der Waals surface area contributed by atoms with Gasteiger partial charge in [0.05, 0.1) is 33.6 Å². The van der Waals surface area contributed by atoms with Gasteiger partial charge in [-0.3, -0.25) is 0 Å². The highest BCUT2D eigenvalue weighted by atomic mass is 35.5. The zero-order valence-electron chi connectivity index (χ0n) is 17.2. The van der Waals surface area contributed by atoms with Gasteiger partial charge in [-0.2, -0.15) is 0 Å². The summed E-state index contributed by atoms with van der Waals surface area (Å²) in [6.45, 7) is 6.59. The molecule has 2 N–H and O–H groups in total. The maximum absolute atomic E-state index is 12.0. The standard InChI is InChI=1S/C21H22ClN7O2/c1-3-31-20(30)13-4-5-15-16(8-13)27-21(26-15)28-6-7-29(12(2)10-28)19-17-14(22)9-23-18(17)24-11-25-19/h4-5,8-9,11-12H,3,6-7,10H2,1-2H3,(H,26,27)(H,23,24,25)/t12-/m0/s1. The second-order valence-corrected chi connectivity index (χ2v) is 7.97. The highest BCUT2D eigenvalue weighted by molar-refractivity contribution is 6.36. The van der Waals surface area contributed by atoms with Crippen LogP contribution in [-0.4, -0.2) is 63.2 Å². The van der Waals surface area contributed by atoms with E-state index in [9.17, 15) is 4.79 Å². The minimum atomic E-state index is -0.331. The summed E-state index contributed by atoms with van der Waals surface area (Å²) < 4.78 is 5.09. The Morgan fingerprint density at radius 1 is 1.32 bits per heavy atom. The summed E-state index contributed by atoms with van der Waals surface area (Å²) in [7, 11) is 0. The molecule has 1 saturated heterocycles. The van der Waals surface area contributed by atoms with Crippen molar-refractivity contribution in [3.05, 3.63) is 41.3 Å². The third-order valence-corrected chi connectivity index (χ3v) is 5.88. The molecule has 1 atom stereocenters. The maximum Gasteiger partial charge on any atom is 0.338 e. The van der Waals surface area contributed by atoms with E-state index in [1.165, 1.54) is 0 Å². The number of hydrogen-bond acceptors (Lipinski definition) is 7. The van der Waals surface area contributed by atoms with Crippen LogP contribution in [0.2, 0.25) is 5.02 Å². The molecule has 0 aliphatic carbocycles. The Morgan fingerprint density at radius 3 is 3.00 bits per heavy atom. The maximum atomic E-state index is 12.0. The molecule has 1 fully saturated rings. The van der Waals surface area contributed by atoms with Gasteiger partial charge in [0.1, 0.15) is 17.8 Å². The fourth-order valence-electron chi connectivity index (χ4n) is 4.08. The lowest BCUT2D eigenvalue weighted by atomic mass is 10.2. The van der Waals surface area contributed by atoms with Crippen LogP contribution in [0.5, 0.6) is 0 Å². The summed E-state index contributed by atoms with van der Waals surface area (Å²) in [5.41, 5.74) is 2.88. The van der Waals surface area contributed by atoms with Crippen molar-refractivity contribution in [3.63, 3.8) is 0 Å². The number of halogens is 1. The third kappa shape index (κ3) is 3.44. The second-order valence-electron chi connectivity index (χ2n) is 7.56. The van der Waals surface area contributed by atoms with Crippen LogP contribution in [-0.2, 0) is 4.74 Å². The average molecular weight is 440 g/mol. The Bertz CT molecular complexity index is 1270. The Kier molecular flexibility index (Phi) is 4.90. The monoisotopic (exact) mass is 439 g/mol. The zero-order chi connectivity index (χ0) is 21.5. The van der Waals surface area contributed by atoms with Crippen molar-refractivity contribution in [3.8, 4) is 0 Å². The van der Waals surface area contributed by atoms with Crippen LogP contribution < -0.4 is 9.80 Å². The number of rotatable bonds is 4. The van der Waals surface area contributed by atoms with E-state index in [-0.39, 0.29) is 12.0 Å². The molecule has 1 aromatic carbocycles. The normalized spacial score (nSPS) is 16.9. The molecular weight excluding hydrogens is 418 g/mol. The average Bonchev–Trinajstić information content (AvgIpc) is 3.37. The van der Waals surface area contributed by atoms with Gasteiger partial charge in [0.2, 0.25) is 5.95 Å². The SMILES string of the molecule is CCOC(=O)c1ccc2nc(N3CCN(c4ncnc5[nH]cc(Cl)c45)[C@@H](C)C3)[nH]c2c1. The molecule has 4 aromatic rings. The number of hydrogen-bond donors (Lipinski definition) is 2. The first-order chi connectivity index (χ1) is 15.0. The molecule has 1 aliphatic rings. The number of aromatic amines is 2. The summed E-state index contributed by atoms with van der Waals surface area (Å²) in [6.07, 6.45) is 3.30. The number of nitrogens with one attached hydrogen (secondary N) is 2. The van der Waals surface area contributed by atoms with E-state index in [0.29, 0.717) is 17.2 Å². The fraction of sp³-hybridized carbons (Fsp3) is 0.333. The van der Waals surface area contributed by atoms with Crippen LogP contribution in [0.4, 0.5) is 11.8 Å². The third-order valence-electron chi connectivity index (χ3n) is 5.58. The number of benzene rings is 1. The van der Waals surface area contributed by atoms with E-state index < -0.39 is 0 Å². The van der Waals surface area contributed by atoms with E-state index in [1.54, 1.807) is 31.6 Å². The van der Waals surface area contributed by atoms with Gasteiger partial charge >= 0.3 is 5.97 Å². The van der Waals surface area contributed by atoms with Crippen molar-refractivity contribution >= 4 is 51.4 Å². The molecule has 0 radical (unpaired) electrons. The van der Waals surface area contributed by atoms with Crippen molar-refractivity contribution in [2.75, 3.05) is 36.0 Å². The minimum absolute atomic E-state index is 0.182. The summed E-state index contributed by atoms with van der Waals surface area (Å²) in [6, 6.07) is 5.55. The number of H-pyrrole nitrogens is 2. The van der Waals surface area contributed by atoms with E-state index in [0.717, 1.165) is 53.5 Å². The molecule has 160 valence electrons. The molecular formula is C21H22ClN7O2. The lowest BCUT2D eigenvalue weighted by Gasteiger charge is -2.40. The van der Waals surface area contributed by atoms with E-state index in [2.05, 4.69) is 36.7 Å². The number of aromatic nitrogens is 5. The van der Waals surface area contributed by atoms with Gasteiger partial charge < -0.3 is 24.5 Å². The van der Waals surface area contributed by atoms with E-state index in [4.69, 9.17) is 21.3 Å². The molecule has 31 heavy (non-hydrogen) atoms. The summed E-state index contributed by atoms with van der Waals surface area (Å²) in [5.74, 6) is 1.30. The number of fused-ring (bicyclic) bond motifs is 2. The molecule has 4 heterocycles. The van der Waals surface area contributed by atoms with Crippen molar-refractivity contribution in [2.45, 2.75) is 19.9 Å². The Hall–Kier alpha value is -3.33. The van der Waals surface area contributed by atoms with Crippen LogP contribution in [0, 0.1) is 0 Å². The van der Waals surface area contributed by atoms with Crippen LogP contribution in [0.15, 0.2) is 30.7 Å². The molecule has 1 aliphatic heterocycles. The van der Waals surface area contributed by atoms with Gasteiger partial charge in [-0.15, -0.1) is 0 Å². The van der Waals surface area contributed by atoms with E-state index >= 15 is 0 Å². The molecule has 0 unspecified atom stereocenters. The molecule has 3 aromatic heterocycles. The number of anilines is 2. The van der Waals surface area contributed by atoms with Gasteiger partial charge in [-0.1, -0.05) is 11.6 Å². The van der Waals surface area contributed by atoms with Crippen LogP contribution in [0.3, 0.4) is 0 Å². The number of nitrogens with zero attached hydrogens (tertiary/aromatic N) is 5. The van der Waals surface area contributed by atoms with Crippen molar-refractivity contribution in [1.82, 2.24) is 24.9 Å². The van der Waals surface area contributed by atoms with Gasteiger partial charge in [-0.05, 0) is 32.0 Å². The summed E-state index contributed by atoms with van der Waals surface area (Å²) in [4.78, 5) is 36.4. The van der Waals surface area contributed by atoms with Gasteiger partial charge in [0, 0.05) is 31.9 Å². The first-order valence-corrected chi connectivity index (χ1v) is 10.6. The topological polar surface area (TPSA) is 103 Å². The Labute approximate surface area is 183 Å². The molecule has 0 spiro atoms. The van der Waals surface area contributed by atoms with Crippen LogP contribution in [0.25, 0.3) is 22.1 Å². The number of carbonyl (C=O) groups excluding carboxylic acids is 1. The summed E-state index contributed by atoms with van der Waals surface area (Å²) in [5, 5.41) is 1.47. The first kappa shape index (κ1) is 19.6. The molecule has 0 amide bonds. The molecule has 5 rings (SSSR count). The fourth-order valence-corrected chi connectivity index (χ4v) is 4.31. The van der Waals surface area contributed by atoms with Crippen molar-refractivity contribution in [2.24, 2.45) is 0 Å². The van der Waals surface area contributed by atoms with Crippen LogP contribution >= 0.6 is 11.6 Å². The van der Waals surface area contributed by atoms with Crippen molar-refractivity contribution in [1.29, 1.82) is 0 Å². The quantitative estimate of drug-likeness (QED) is 0.470. The number of imidazole rings is 1. The number of carbonyl (C=O) groups is 1. The predicted molar refractivity (Wildman–Crippen MR) is 120 cm³/mol. The highest BCUT2D eigenvalue weighted by Gasteiger charge is 2.28. The number of ether oxygens (including phenoxy) is 1. The lowest BCUT2D eigenvalue weighted by Crippen LogP contribution is -2.52. The smallest absolute Gasteiger partial charge is 0.338 e. The second kappa shape index (κ2) is 7.73. The molecule has 0 saturated carbocycles. The first-order valence-electron chi connectivity index (χ1n) is 10.2. The van der Waals surface area contributed by atoms with Crippen molar-refractivity contribution < 1.29 is 9.53 Å². The molecule has 0 bridgehead atoms. The summed E-state index contributed by atoms with van der Waals surface area (Å²) >= 11 is 6.37. The van der Waals surface area contributed by atoms with Gasteiger partial charge in [0.15, 0.2) is 0 Å². The predicted octanol–water partition coefficient (Wildman–Crippen LogP) is 3.38. The number of esters is 1. The Morgan fingerprint density at radius 2 is 2.19 bits per heavy atom. The van der Waals surface area contributed by atoms with Gasteiger partial charge in [-0.25, -0.2) is 19.7 Å². The Balaban J connectivity index is 1.38. The lowest BCUT2D eigenvalue weighted by molar-refractivity contribution is 0.0526. The molecule has 9 nitrogen and oxygen atoms in total. The zero-order valence-corrected chi connectivity index (χ0v) is 18.0. The minimum Gasteiger partial charge on any atom is -0.462 e. The molecule has 10 heteroatoms. The highest BCUT2D eigenvalue weighted by Crippen LogP contribution is 2.32. The van der Waals surface area contributed by atoms with E-state index in [1.807, 2.05) is 6.07 Å². The number of piperazine rings is 1. The largest absolute Gasteiger partial charge is 0.462 e. The van der Waals surface area contributed by atoms with Crippen LogP contribution in [0.1, 0.15) is 24.2 Å². The van der Waals surface area contributed by atoms with Gasteiger partial charge in [0.25, 0.3) is 0 Å².